The Kier molecular flexibility index (Phi) is 12.7. The van der Waals surface area contributed by atoms with Crippen LogP contribution < -0.4 is 31.4 Å². The molecule has 0 bridgehead atoms. The van der Waals surface area contributed by atoms with E-state index in [2.05, 4.69) is 15.0 Å². The number of rotatable bonds is 12. The highest BCUT2D eigenvalue weighted by Gasteiger charge is 2.33. The van der Waals surface area contributed by atoms with Gasteiger partial charge in [-0.2, -0.15) is 15.3 Å². The van der Waals surface area contributed by atoms with Gasteiger partial charge in [0.05, 0.1) is 35.3 Å². The monoisotopic (exact) mass is 966 g/mol. The van der Waals surface area contributed by atoms with Gasteiger partial charge in [-0.25, -0.2) is 15.0 Å². The number of aromatic nitrogens is 3. The number of nitrogens with two attached hydrogens (primary N) is 3. The van der Waals surface area contributed by atoms with E-state index in [4.69, 9.17) is 83.4 Å². The fourth-order valence-electron chi connectivity index (χ4n) is 8.39. The van der Waals surface area contributed by atoms with E-state index in [-0.39, 0.29) is 51.5 Å². The standard InChI is InChI=1S/C51H42N12O3S3/c52-46(67)61-43(34-10-4-1-5-11-34)28-40(58-61)31-16-22-37(23-17-31)64-49-55-50(65-38-24-18-32(19-25-38)41-29-44(62(59-41)47(53)68)35-12-6-2-7-13-35)57-51(56-49)66-39-26-20-33(21-27-39)42-30-45(63(60-42)48(54)69)36-14-8-3-9-15-36/h1-27,43-45H,28-30H2,(H2,52,67)(H2,53,68)(H2,54,69). The normalized spacial score (nSPS) is 17.5. The van der Waals surface area contributed by atoms with E-state index in [1.54, 1.807) is 51.4 Å². The molecule has 0 saturated carbocycles. The van der Waals surface area contributed by atoms with Crippen molar-refractivity contribution in [2.24, 2.45) is 32.5 Å². The third-order valence-corrected chi connectivity index (χ3v) is 12.3. The molecule has 1 aromatic heterocycles. The molecule has 0 fully saturated rings. The lowest BCUT2D eigenvalue weighted by atomic mass is 9.98. The van der Waals surface area contributed by atoms with Crippen LogP contribution in [0.15, 0.2) is 179 Å². The van der Waals surface area contributed by atoms with Crippen molar-refractivity contribution in [1.29, 1.82) is 0 Å². The van der Waals surface area contributed by atoms with E-state index in [1.807, 2.05) is 127 Å². The maximum Gasteiger partial charge on any atom is 0.331 e. The van der Waals surface area contributed by atoms with Crippen molar-refractivity contribution in [2.75, 3.05) is 0 Å². The molecule has 0 amide bonds. The second kappa shape index (κ2) is 19.6. The smallest absolute Gasteiger partial charge is 0.331 e. The second-order valence-corrected chi connectivity index (χ2v) is 17.4. The molecule has 7 aromatic rings. The highest BCUT2D eigenvalue weighted by Crippen LogP contribution is 2.37. The Morgan fingerprint density at radius 2 is 0.623 bits per heavy atom. The molecular weight excluding hydrogens is 925 g/mol. The maximum absolute atomic E-state index is 6.23. The van der Waals surface area contributed by atoms with Crippen LogP contribution in [0.2, 0.25) is 0 Å². The number of hydrogen-bond acceptors (Lipinski definition) is 12. The van der Waals surface area contributed by atoms with Gasteiger partial charge in [-0.3, -0.25) is 0 Å². The molecule has 6 aromatic carbocycles. The van der Waals surface area contributed by atoms with Crippen LogP contribution in [-0.2, 0) is 0 Å². The zero-order chi connectivity index (χ0) is 47.4. The summed E-state index contributed by atoms with van der Waals surface area (Å²) in [5, 5.41) is 20.0. The van der Waals surface area contributed by atoms with E-state index < -0.39 is 0 Å². The molecule has 0 spiro atoms. The molecule has 342 valence electrons. The van der Waals surface area contributed by atoms with Gasteiger partial charge >= 0.3 is 18.0 Å². The first-order valence-electron chi connectivity index (χ1n) is 21.9. The minimum absolute atomic E-state index is 0.0618. The van der Waals surface area contributed by atoms with Crippen molar-refractivity contribution in [3.8, 4) is 35.3 Å². The van der Waals surface area contributed by atoms with Crippen molar-refractivity contribution in [3.05, 3.63) is 197 Å². The molecule has 15 nitrogen and oxygen atoms in total. The van der Waals surface area contributed by atoms with Gasteiger partial charge in [-0.05, 0) is 143 Å². The summed E-state index contributed by atoms with van der Waals surface area (Å²) in [5.41, 5.74) is 26.6. The molecule has 3 aliphatic heterocycles. The molecule has 6 N–H and O–H groups in total. The molecule has 3 unspecified atom stereocenters. The van der Waals surface area contributed by atoms with Crippen molar-refractivity contribution in [3.63, 3.8) is 0 Å². The van der Waals surface area contributed by atoms with Crippen LogP contribution in [-0.4, -0.2) is 62.5 Å². The Hall–Kier alpha value is -8.19. The highest BCUT2D eigenvalue weighted by molar-refractivity contribution is 7.80. The van der Waals surface area contributed by atoms with Crippen molar-refractivity contribution in [2.45, 2.75) is 37.4 Å². The van der Waals surface area contributed by atoms with Crippen LogP contribution in [0.4, 0.5) is 0 Å². The minimum atomic E-state index is -0.114. The predicted octanol–water partition coefficient (Wildman–Crippen LogP) is 9.43. The maximum atomic E-state index is 6.23. The number of hydrazone groups is 3. The zero-order valence-corrected chi connectivity index (χ0v) is 39.1. The summed E-state index contributed by atoms with van der Waals surface area (Å²) in [6, 6.07) is 51.8. The Morgan fingerprint density at radius 1 is 0.377 bits per heavy atom. The zero-order valence-electron chi connectivity index (χ0n) is 36.6. The first-order chi connectivity index (χ1) is 33.6. The number of ether oxygens (including phenoxy) is 3. The fraction of sp³-hybridized carbons (Fsp3) is 0.118. The predicted molar refractivity (Wildman–Crippen MR) is 276 cm³/mol. The summed E-state index contributed by atoms with van der Waals surface area (Å²) in [5.74, 6) is 1.36. The van der Waals surface area contributed by atoms with E-state index in [0.29, 0.717) is 36.5 Å². The molecule has 4 heterocycles. The molecule has 0 saturated heterocycles. The Morgan fingerprint density at radius 3 is 0.855 bits per heavy atom. The van der Waals surface area contributed by atoms with Crippen molar-refractivity contribution < 1.29 is 14.2 Å². The van der Waals surface area contributed by atoms with Crippen LogP contribution in [0, 0.1) is 0 Å². The van der Waals surface area contributed by atoms with Crippen LogP contribution in [0.25, 0.3) is 0 Å². The number of nitrogens with zero attached hydrogens (tertiary/aromatic N) is 9. The molecule has 10 rings (SSSR count). The summed E-state index contributed by atoms with van der Waals surface area (Å²) in [6.45, 7) is 0. The number of thiocarbonyl (C=S) groups is 3. The first-order valence-corrected chi connectivity index (χ1v) is 23.1. The van der Waals surface area contributed by atoms with E-state index >= 15 is 0 Å². The number of hydrogen-bond donors (Lipinski definition) is 3. The average molecular weight is 967 g/mol. The summed E-state index contributed by atoms with van der Waals surface area (Å²) < 4.78 is 18.7. The SMILES string of the molecule is NC(=S)N1N=C(c2ccc(Oc3nc(Oc4ccc(C5=NN(C(N)=S)C(c6ccccc6)C5)cc4)nc(Oc4ccc(C5=NN(C(N)=S)C(c6ccccc6)C5)cc4)n3)cc2)CC1c1ccccc1. The van der Waals surface area contributed by atoms with Crippen LogP contribution in [0.1, 0.15) is 70.8 Å². The lowest BCUT2D eigenvalue weighted by Crippen LogP contribution is -2.31. The van der Waals surface area contributed by atoms with Gasteiger partial charge in [-0.15, -0.1) is 15.0 Å². The Bertz CT molecular complexity index is 2780. The molecule has 3 aliphatic rings. The second-order valence-electron chi connectivity index (χ2n) is 16.1. The van der Waals surface area contributed by atoms with Gasteiger partial charge in [0.25, 0.3) is 0 Å². The molecule has 18 heteroatoms. The molecule has 0 aliphatic carbocycles. The van der Waals surface area contributed by atoms with E-state index in [1.165, 1.54) is 0 Å². The van der Waals surface area contributed by atoms with Crippen LogP contribution in [0.5, 0.6) is 35.3 Å². The van der Waals surface area contributed by atoms with Gasteiger partial charge in [0.1, 0.15) is 17.2 Å². The van der Waals surface area contributed by atoms with Crippen molar-refractivity contribution >= 4 is 69.1 Å². The summed E-state index contributed by atoms with van der Waals surface area (Å²) in [4.78, 5) is 13.6. The molecular formula is C51H42N12O3S3. The van der Waals surface area contributed by atoms with Gasteiger partial charge in [0.2, 0.25) is 0 Å². The highest BCUT2D eigenvalue weighted by atomic mass is 32.1. The lowest BCUT2D eigenvalue weighted by molar-refractivity contribution is 0.362. The third-order valence-electron chi connectivity index (χ3n) is 11.7. The van der Waals surface area contributed by atoms with Crippen LogP contribution in [0.3, 0.4) is 0 Å². The molecule has 0 radical (unpaired) electrons. The number of benzene rings is 6. The summed E-state index contributed by atoms with van der Waals surface area (Å²) >= 11 is 16.1. The quantitative estimate of drug-likeness (QED) is 0.0981. The molecule has 3 atom stereocenters. The minimum Gasteiger partial charge on any atom is -0.424 e. The summed E-state index contributed by atoms with van der Waals surface area (Å²) in [6.07, 6.45) is 1.84. The summed E-state index contributed by atoms with van der Waals surface area (Å²) in [7, 11) is 0. The topological polar surface area (TPSA) is 191 Å². The fourth-order valence-corrected chi connectivity index (χ4v) is 8.89. The van der Waals surface area contributed by atoms with Crippen molar-refractivity contribution in [1.82, 2.24) is 30.0 Å². The van der Waals surface area contributed by atoms with Crippen LogP contribution >= 0.6 is 36.7 Å². The van der Waals surface area contributed by atoms with Gasteiger partial charge in [0, 0.05) is 19.3 Å². The van der Waals surface area contributed by atoms with Gasteiger partial charge in [0.15, 0.2) is 15.3 Å². The Balaban J connectivity index is 0.891. The van der Waals surface area contributed by atoms with Gasteiger partial charge < -0.3 is 31.4 Å². The average Bonchev–Trinajstić information content (AvgIpc) is 4.15. The lowest BCUT2D eigenvalue weighted by Gasteiger charge is -2.21. The first kappa shape index (κ1) is 44.6. The third kappa shape index (κ3) is 9.94. The van der Waals surface area contributed by atoms with Gasteiger partial charge in [-0.1, -0.05) is 91.0 Å². The van der Waals surface area contributed by atoms with E-state index in [0.717, 1.165) is 50.5 Å². The largest absolute Gasteiger partial charge is 0.424 e. The molecule has 69 heavy (non-hydrogen) atoms. The Labute approximate surface area is 413 Å². The van der Waals surface area contributed by atoms with E-state index in [9.17, 15) is 0 Å².